The number of carbonyl (C=O) groups excluding carboxylic acids is 1. The van der Waals surface area contributed by atoms with Crippen molar-refractivity contribution >= 4 is 21.6 Å². The molecule has 188 valence electrons. The van der Waals surface area contributed by atoms with Gasteiger partial charge in [0.05, 0.1) is 19.3 Å². The van der Waals surface area contributed by atoms with E-state index in [9.17, 15) is 13.2 Å². The highest BCUT2D eigenvalue weighted by molar-refractivity contribution is 7.89. The van der Waals surface area contributed by atoms with Gasteiger partial charge in [0, 0.05) is 38.1 Å². The fourth-order valence-corrected chi connectivity index (χ4v) is 6.07. The number of nitrogens with one attached hydrogen (secondary N) is 1. The van der Waals surface area contributed by atoms with Crippen LogP contribution in [-0.4, -0.2) is 73.7 Å². The van der Waals surface area contributed by atoms with Crippen LogP contribution in [0.3, 0.4) is 0 Å². The Kier molecular flexibility index (Phi) is 7.39. The summed E-state index contributed by atoms with van der Waals surface area (Å²) in [6.07, 6.45) is 2.66. The molecule has 1 aliphatic heterocycles. The summed E-state index contributed by atoms with van der Waals surface area (Å²) in [5, 5.41) is 7.35. The number of benzene rings is 1. The summed E-state index contributed by atoms with van der Waals surface area (Å²) in [6, 6.07) is 6.78. The first-order valence-corrected chi connectivity index (χ1v) is 13.0. The van der Waals surface area contributed by atoms with E-state index < -0.39 is 15.9 Å². The maximum absolute atomic E-state index is 13.6. The van der Waals surface area contributed by atoms with Crippen molar-refractivity contribution in [2.75, 3.05) is 40.5 Å². The molecular weight excluding hydrogens is 470 g/mol. The topological polar surface area (TPSA) is 115 Å². The molecule has 0 radical (unpaired) electrons. The number of amides is 1. The summed E-state index contributed by atoms with van der Waals surface area (Å²) in [7, 11) is -0.792. The number of nitrogens with zero attached hydrogens (tertiary/aromatic N) is 4. The molecule has 0 atom stereocenters. The van der Waals surface area contributed by atoms with E-state index in [0.29, 0.717) is 43.0 Å². The van der Waals surface area contributed by atoms with Crippen molar-refractivity contribution in [3.05, 3.63) is 41.3 Å². The summed E-state index contributed by atoms with van der Waals surface area (Å²) in [5.41, 5.74) is 3.19. The van der Waals surface area contributed by atoms with Crippen LogP contribution in [0.25, 0.3) is 16.8 Å². The van der Waals surface area contributed by atoms with E-state index in [1.165, 1.54) is 11.4 Å². The minimum Gasteiger partial charge on any atom is -0.495 e. The SMILES string of the molecule is COCCNC(=O)c1nn2c(C)cc(C)nc2c1-c1ccc(OC)c(S(=O)(=O)N2CCCCC2)c1. The van der Waals surface area contributed by atoms with Gasteiger partial charge in [0.15, 0.2) is 11.3 Å². The molecule has 1 aromatic carbocycles. The van der Waals surface area contributed by atoms with Gasteiger partial charge in [0.25, 0.3) is 5.91 Å². The van der Waals surface area contributed by atoms with Crippen LogP contribution in [0.5, 0.6) is 5.75 Å². The van der Waals surface area contributed by atoms with Gasteiger partial charge in [-0.1, -0.05) is 12.5 Å². The Bertz CT molecular complexity index is 1350. The van der Waals surface area contributed by atoms with Gasteiger partial charge in [-0.05, 0) is 50.5 Å². The first kappa shape index (κ1) is 25.1. The largest absolute Gasteiger partial charge is 0.495 e. The molecule has 3 aromatic rings. The van der Waals surface area contributed by atoms with Gasteiger partial charge in [0.1, 0.15) is 10.6 Å². The predicted molar refractivity (Wildman–Crippen MR) is 131 cm³/mol. The molecule has 2 aromatic heterocycles. The third kappa shape index (κ3) is 4.89. The Morgan fingerprint density at radius 2 is 1.86 bits per heavy atom. The Balaban J connectivity index is 1.90. The van der Waals surface area contributed by atoms with E-state index in [2.05, 4.69) is 15.4 Å². The van der Waals surface area contributed by atoms with E-state index in [0.717, 1.165) is 30.7 Å². The van der Waals surface area contributed by atoms with E-state index in [1.54, 1.807) is 29.8 Å². The van der Waals surface area contributed by atoms with Crippen molar-refractivity contribution in [1.82, 2.24) is 24.2 Å². The van der Waals surface area contributed by atoms with Crippen LogP contribution in [0.1, 0.15) is 41.1 Å². The quantitative estimate of drug-likeness (QED) is 0.472. The van der Waals surface area contributed by atoms with E-state index in [1.807, 2.05) is 19.9 Å². The van der Waals surface area contributed by atoms with Crippen LogP contribution in [0.4, 0.5) is 0 Å². The summed E-state index contributed by atoms with van der Waals surface area (Å²) in [4.78, 5) is 17.8. The van der Waals surface area contributed by atoms with Crippen molar-refractivity contribution in [3.63, 3.8) is 0 Å². The third-order valence-electron chi connectivity index (χ3n) is 6.09. The third-order valence-corrected chi connectivity index (χ3v) is 8.01. The molecule has 11 heteroatoms. The van der Waals surface area contributed by atoms with Gasteiger partial charge in [-0.2, -0.15) is 9.40 Å². The van der Waals surface area contributed by atoms with Crippen molar-refractivity contribution in [2.45, 2.75) is 38.0 Å². The number of sulfonamides is 1. The first-order valence-electron chi connectivity index (χ1n) is 11.6. The lowest BCUT2D eigenvalue weighted by Crippen LogP contribution is -2.35. The molecule has 1 amide bonds. The second kappa shape index (κ2) is 10.3. The Labute approximate surface area is 205 Å². The van der Waals surface area contributed by atoms with Crippen molar-refractivity contribution in [1.29, 1.82) is 0 Å². The second-order valence-corrected chi connectivity index (χ2v) is 10.5. The second-order valence-electron chi connectivity index (χ2n) is 8.58. The zero-order chi connectivity index (χ0) is 25.2. The predicted octanol–water partition coefficient (Wildman–Crippen LogP) is 2.57. The minimum atomic E-state index is -3.80. The highest BCUT2D eigenvalue weighted by atomic mass is 32.2. The molecule has 3 heterocycles. The molecular formula is C24H31N5O5S. The molecule has 35 heavy (non-hydrogen) atoms. The fourth-order valence-electron chi connectivity index (χ4n) is 4.37. The van der Waals surface area contributed by atoms with Crippen molar-refractivity contribution < 1.29 is 22.7 Å². The van der Waals surface area contributed by atoms with E-state index in [4.69, 9.17) is 9.47 Å². The number of fused-ring (bicyclic) bond motifs is 1. The van der Waals surface area contributed by atoms with Crippen LogP contribution in [0.2, 0.25) is 0 Å². The van der Waals surface area contributed by atoms with Gasteiger partial charge in [-0.25, -0.2) is 17.9 Å². The van der Waals surface area contributed by atoms with Crippen LogP contribution in [-0.2, 0) is 14.8 Å². The number of ether oxygens (including phenoxy) is 2. The number of carbonyl (C=O) groups is 1. The number of aromatic nitrogens is 3. The van der Waals surface area contributed by atoms with Crippen LogP contribution in [0.15, 0.2) is 29.2 Å². The maximum atomic E-state index is 13.6. The molecule has 1 saturated heterocycles. The molecule has 1 N–H and O–H groups in total. The molecule has 0 saturated carbocycles. The summed E-state index contributed by atoms with van der Waals surface area (Å²) < 4.78 is 40.7. The molecule has 0 unspecified atom stereocenters. The normalized spacial score (nSPS) is 14.9. The van der Waals surface area contributed by atoms with Gasteiger partial charge >= 0.3 is 0 Å². The summed E-state index contributed by atoms with van der Waals surface area (Å²) in [6.45, 7) is 5.35. The minimum absolute atomic E-state index is 0.0638. The molecule has 10 nitrogen and oxygen atoms in total. The molecule has 1 fully saturated rings. The lowest BCUT2D eigenvalue weighted by molar-refractivity contribution is 0.0932. The van der Waals surface area contributed by atoms with E-state index in [-0.39, 0.29) is 16.3 Å². The van der Waals surface area contributed by atoms with Crippen molar-refractivity contribution in [2.24, 2.45) is 0 Å². The van der Waals surface area contributed by atoms with Crippen LogP contribution < -0.4 is 10.1 Å². The Hall–Kier alpha value is -3.02. The number of hydrogen-bond donors (Lipinski definition) is 1. The molecule has 0 spiro atoms. The highest BCUT2D eigenvalue weighted by Gasteiger charge is 2.31. The monoisotopic (exact) mass is 501 g/mol. The van der Waals surface area contributed by atoms with Gasteiger partial charge in [0.2, 0.25) is 10.0 Å². The average molecular weight is 502 g/mol. The van der Waals surface area contributed by atoms with Crippen LogP contribution in [0, 0.1) is 13.8 Å². The Morgan fingerprint density at radius 3 is 2.54 bits per heavy atom. The molecule has 4 rings (SSSR count). The lowest BCUT2D eigenvalue weighted by atomic mass is 10.0. The highest BCUT2D eigenvalue weighted by Crippen LogP contribution is 2.36. The average Bonchev–Trinajstić information content (AvgIpc) is 3.24. The zero-order valence-electron chi connectivity index (χ0n) is 20.5. The zero-order valence-corrected chi connectivity index (χ0v) is 21.3. The number of piperidine rings is 1. The van der Waals surface area contributed by atoms with E-state index >= 15 is 0 Å². The fraction of sp³-hybridized carbons (Fsp3) is 0.458. The number of rotatable bonds is 8. The molecule has 0 bridgehead atoms. The van der Waals surface area contributed by atoms with Gasteiger partial charge in [-0.15, -0.1) is 0 Å². The number of aryl methyl sites for hydroxylation is 2. The van der Waals surface area contributed by atoms with Crippen molar-refractivity contribution in [3.8, 4) is 16.9 Å². The smallest absolute Gasteiger partial charge is 0.272 e. The number of hydrogen-bond acceptors (Lipinski definition) is 7. The molecule has 1 aliphatic rings. The maximum Gasteiger partial charge on any atom is 0.272 e. The lowest BCUT2D eigenvalue weighted by Gasteiger charge is -2.26. The Morgan fingerprint density at radius 1 is 1.11 bits per heavy atom. The molecule has 0 aliphatic carbocycles. The standard InChI is InChI=1S/C24H31N5O5S/c1-16-14-17(2)29-23(26-16)21(22(27-29)24(30)25-10-13-33-3)18-8-9-19(34-4)20(15-18)35(31,32)28-11-6-5-7-12-28/h8-9,14-15H,5-7,10-13H2,1-4H3,(H,25,30). The van der Waals surface area contributed by atoms with Gasteiger partial charge < -0.3 is 14.8 Å². The summed E-state index contributed by atoms with van der Waals surface area (Å²) >= 11 is 0. The number of methoxy groups -OCH3 is 2. The summed E-state index contributed by atoms with van der Waals surface area (Å²) in [5.74, 6) is -0.141. The first-order chi connectivity index (χ1) is 16.8. The van der Waals surface area contributed by atoms with Gasteiger partial charge in [-0.3, -0.25) is 4.79 Å². The van der Waals surface area contributed by atoms with Crippen LogP contribution >= 0.6 is 0 Å².